The summed E-state index contributed by atoms with van der Waals surface area (Å²) in [6, 6.07) is 0.985. The Morgan fingerprint density at radius 2 is 2.27 bits per heavy atom. The number of ether oxygens (including phenoxy) is 1. The summed E-state index contributed by atoms with van der Waals surface area (Å²) >= 11 is 0. The maximum Gasteiger partial charge on any atom is 0.400 e. The molecule has 5 N–H and O–H groups in total. The minimum absolute atomic E-state index is 0.653. The number of rotatable bonds is 4. The van der Waals surface area contributed by atoms with Gasteiger partial charge < -0.3 is 14.7 Å². The first-order valence-electron chi connectivity index (χ1n) is 6.12. The first-order valence-corrected chi connectivity index (χ1v) is 7.77. The molecule has 0 saturated carbocycles. The fraction of sp³-hybridized carbons (Fsp3) is 0.600. The number of nitrogens with zero attached hydrogens (tertiary/aromatic N) is 1. The zero-order valence-electron chi connectivity index (χ0n) is 11.4. The molecule has 1 fully saturated rings. The highest BCUT2D eigenvalue weighted by Gasteiger charge is 2.55. The lowest BCUT2D eigenvalue weighted by atomic mass is 9.98. The van der Waals surface area contributed by atoms with Crippen molar-refractivity contribution in [3.63, 3.8) is 0 Å². The van der Waals surface area contributed by atoms with E-state index in [0.717, 1.165) is 23.8 Å². The number of aliphatic hydroxyl groups is 1. The van der Waals surface area contributed by atoms with Gasteiger partial charge in [-0.25, -0.2) is 19.3 Å². The third-order valence-corrected chi connectivity index (χ3v) is 3.76. The number of alkyl halides is 1. The molecular formula is C10H15FN3O7P. The number of nitrogens with two attached hydrogens (primary N) is 1. The zero-order chi connectivity index (χ0) is 16.7. The van der Waals surface area contributed by atoms with Gasteiger partial charge >= 0.3 is 13.4 Å². The lowest BCUT2D eigenvalue weighted by Gasteiger charge is -2.24. The van der Waals surface area contributed by atoms with Gasteiger partial charge in [0.1, 0.15) is 12.2 Å². The molecule has 1 aliphatic rings. The molecule has 1 aromatic heterocycles. The predicted molar refractivity (Wildman–Crippen MR) is 70.7 cm³/mol. The second-order valence-electron chi connectivity index (χ2n) is 5.00. The third kappa shape index (κ3) is 3.35. The van der Waals surface area contributed by atoms with Crippen molar-refractivity contribution in [2.45, 2.75) is 31.0 Å². The van der Waals surface area contributed by atoms with Gasteiger partial charge in [-0.05, 0) is 6.92 Å². The van der Waals surface area contributed by atoms with E-state index in [1.54, 1.807) is 0 Å². The summed E-state index contributed by atoms with van der Waals surface area (Å²) in [6.45, 7) is 0.334. The van der Waals surface area contributed by atoms with Crippen LogP contribution in [0.25, 0.3) is 0 Å². The van der Waals surface area contributed by atoms with E-state index < -0.39 is 49.7 Å². The van der Waals surface area contributed by atoms with Gasteiger partial charge in [-0.2, -0.15) is 0 Å². The average molecular weight is 339 g/mol. The fourth-order valence-corrected chi connectivity index (χ4v) is 2.50. The second-order valence-corrected chi connectivity index (χ2v) is 6.39. The first-order chi connectivity index (χ1) is 10.0. The number of aromatic nitrogens is 2. The van der Waals surface area contributed by atoms with Crippen molar-refractivity contribution in [3.05, 3.63) is 33.1 Å². The quantitative estimate of drug-likeness (QED) is 0.488. The fourth-order valence-electron chi connectivity index (χ4n) is 2.14. The maximum absolute atomic E-state index is 14.7. The smallest absolute Gasteiger partial charge is 0.387 e. The van der Waals surface area contributed by atoms with E-state index in [9.17, 15) is 23.7 Å². The molecule has 0 bridgehead atoms. The molecule has 1 unspecified atom stereocenters. The van der Waals surface area contributed by atoms with Gasteiger partial charge in [-0.1, -0.05) is 0 Å². The first kappa shape index (κ1) is 17.0. The summed E-state index contributed by atoms with van der Waals surface area (Å²) in [5.74, 6) is 0. The van der Waals surface area contributed by atoms with Crippen LogP contribution in [-0.4, -0.2) is 44.0 Å². The van der Waals surface area contributed by atoms with E-state index in [4.69, 9.17) is 15.1 Å². The Morgan fingerprint density at radius 3 is 2.82 bits per heavy atom. The van der Waals surface area contributed by atoms with Gasteiger partial charge in [0.2, 0.25) is 0 Å². The third-order valence-electron chi connectivity index (χ3n) is 3.24. The molecule has 0 radical (unpaired) electrons. The SMILES string of the molecule is C[C@@]1(F)[C@H](O)[C@@H](COP(N)(=O)O)O[C@H]1n1ccc(=O)[nH]c1=O. The van der Waals surface area contributed by atoms with Crippen molar-refractivity contribution >= 4 is 7.75 Å². The van der Waals surface area contributed by atoms with Gasteiger partial charge in [0, 0.05) is 12.3 Å². The molecular weight excluding hydrogens is 324 g/mol. The minimum atomic E-state index is -4.32. The highest BCUT2D eigenvalue weighted by atomic mass is 31.2. The number of hydrogen-bond acceptors (Lipinski definition) is 6. The molecule has 1 aromatic rings. The molecule has 1 aliphatic heterocycles. The number of aromatic amines is 1. The molecule has 2 heterocycles. The lowest BCUT2D eigenvalue weighted by Crippen LogP contribution is -2.43. The molecule has 124 valence electrons. The zero-order valence-corrected chi connectivity index (χ0v) is 12.3. The average Bonchev–Trinajstić information content (AvgIpc) is 2.59. The standard InChI is InChI=1S/C10H15FN3O7P/c1-10(11)7(16)5(4-20-22(12,18)19)21-8(10)14-3-2-6(15)13-9(14)17/h2-3,5,7-8,16H,4H2,1H3,(H3,12,18,19)(H,13,15,17)/t5-,7-,8-,10-/m1/s1. The molecule has 5 atom stereocenters. The Morgan fingerprint density at radius 1 is 1.64 bits per heavy atom. The van der Waals surface area contributed by atoms with Crippen LogP contribution in [0.15, 0.2) is 21.9 Å². The Bertz CT molecular complexity index is 711. The molecule has 0 amide bonds. The normalized spacial score (nSPS) is 34.5. The van der Waals surface area contributed by atoms with E-state index >= 15 is 0 Å². The molecule has 12 heteroatoms. The van der Waals surface area contributed by atoms with E-state index in [0.29, 0.717) is 0 Å². The molecule has 0 aliphatic carbocycles. The summed E-state index contributed by atoms with van der Waals surface area (Å²) in [6.07, 6.45) is -3.62. The van der Waals surface area contributed by atoms with Gasteiger partial charge in [-0.3, -0.25) is 18.9 Å². The van der Waals surface area contributed by atoms with Crippen LogP contribution in [0, 0.1) is 0 Å². The van der Waals surface area contributed by atoms with E-state index in [2.05, 4.69) is 4.52 Å². The Kier molecular flexibility index (Phi) is 4.39. The molecule has 1 saturated heterocycles. The Balaban J connectivity index is 2.28. The molecule has 10 nitrogen and oxygen atoms in total. The summed E-state index contributed by atoms with van der Waals surface area (Å²) in [5.41, 5.74) is 0.758. The predicted octanol–water partition coefficient (Wildman–Crippen LogP) is -1.40. The van der Waals surface area contributed by atoms with Crippen molar-refractivity contribution in [3.8, 4) is 0 Å². The van der Waals surface area contributed by atoms with Crippen molar-refractivity contribution in [1.29, 1.82) is 0 Å². The van der Waals surface area contributed by atoms with Crippen LogP contribution in [0.2, 0.25) is 0 Å². The summed E-state index contributed by atoms with van der Waals surface area (Å²) in [5, 5.41) is 9.91. The van der Waals surface area contributed by atoms with Gasteiger partial charge in [0.15, 0.2) is 11.9 Å². The number of aliphatic hydroxyl groups excluding tert-OH is 1. The maximum atomic E-state index is 14.7. The summed E-state index contributed by atoms with van der Waals surface area (Å²) in [4.78, 5) is 33.5. The van der Waals surface area contributed by atoms with E-state index in [1.807, 2.05) is 4.98 Å². The number of H-pyrrole nitrogens is 1. The lowest BCUT2D eigenvalue weighted by molar-refractivity contribution is -0.0592. The highest BCUT2D eigenvalue weighted by Crippen LogP contribution is 2.42. The van der Waals surface area contributed by atoms with E-state index in [-0.39, 0.29) is 0 Å². The van der Waals surface area contributed by atoms with Crippen LogP contribution < -0.4 is 16.8 Å². The van der Waals surface area contributed by atoms with Crippen LogP contribution in [0.5, 0.6) is 0 Å². The Labute approximate surface area is 122 Å². The largest absolute Gasteiger partial charge is 0.400 e. The van der Waals surface area contributed by atoms with Crippen molar-refractivity contribution in [2.24, 2.45) is 5.50 Å². The molecule has 2 rings (SSSR count). The topological polar surface area (TPSA) is 157 Å². The second kappa shape index (κ2) is 5.69. The number of nitrogens with one attached hydrogen (secondary N) is 1. The number of hydrogen-bond donors (Lipinski definition) is 4. The van der Waals surface area contributed by atoms with E-state index in [1.165, 1.54) is 0 Å². The number of halogens is 1. The minimum Gasteiger partial charge on any atom is -0.387 e. The molecule has 0 spiro atoms. The van der Waals surface area contributed by atoms with Crippen LogP contribution in [0.3, 0.4) is 0 Å². The summed E-state index contributed by atoms with van der Waals surface area (Å²) in [7, 11) is -4.32. The van der Waals surface area contributed by atoms with Crippen LogP contribution in [-0.2, 0) is 13.8 Å². The molecule has 22 heavy (non-hydrogen) atoms. The Hall–Kier alpha value is -1.36. The highest BCUT2D eigenvalue weighted by molar-refractivity contribution is 7.50. The molecule has 0 aromatic carbocycles. The van der Waals surface area contributed by atoms with Crippen molar-refractivity contribution in [1.82, 2.24) is 9.55 Å². The van der Waals surface area contributed by atoms with Crippen molar-refractivity contribution in [2.75, 3.05) is 6.61 Å². The monoisotopic (exact) mass is 339 g/mol. The van der Waals surface area contributed by atoms with Gasteiger partial charge in [0.05, 0.1) is 6.61 Å². The van der Waals surface area contributed by atoms with Crippen LogP contribution in [0.4, 0.5) is 4.39 Å². The van der Waals surface area contributed by atoms with Crippen molar-refractivity contribution < 1.29 is 28.2 Å². The summed E-state index contributed by atoms with van der Waals surface area (Å²) < 4.78 is 35.9. The van der Waals surface area contributed by atoms with Crippen LogP contribution >= 0.6 is 7.75 Å². The van der Waals surface area contributed by atoms with Crippen LogP contribution in [0.1, 0.15) is 13.2 Å². The van der Waals surface area contributed by atoms with Gasteiger partial charge in [0.25, 0.3) is 5.56 Å². The van der Waals surface area contributed by atoms with Gasteiger partial charge in [-0.15, -0.1) is 0 Å².